The van der Waals surface area contributed by atoms with Crippen molar-refractivity contribution in [2.24, 2.45) is 0 Å². The number of carbonyl (C=O) groups is 2. The van der Waals surface area contributed by atoms with E-state index in [0.29, 0.717) is 42.4 Å². The van der Waals surface area contributed by atoms with E-state index in [9.17, 15) is 19.7 Å². The zero-order valence-electron chi connectivity index (χ0n) is 18.1. The molecule has 1 saturated heterocycles. The van der Waals surface area contributed by atoms with Crippen molar-refractivity contribution >= 4 is 33.8 Å². The number of hydrogen-bond donors (Lipinski definition) is 1. The van der Waals surface area contributed by atoms with Gasteiger partial charge < -0.3 is 15.0 Å². The molecule has 9 heteroatoms. The third-order valence-corrected chi connectivity index (χ3v) is 6.74. The molecule has 2 aromatic carbocycles. The molecule has 0 unspecified atom stereocenters. The van der Waals surface area contributed by atoms with E-state index in [1.54, 1.807) is 23.1 Å². The van der Waals surface area contributed by atoms with E-state index < -0.39 is 10.8 Å². The Labute approximate surface area is 194 Å². The normalized spacial score (nSPS) is 13.5. The lowest BCUT2D eigenvalue weighted by molar-refractivity contribution is -0.385. The van der Waals surface area contributed by atoms with E-state index in [2.05, 4.69) is 5.32 Å². The van der Waals surface area contributed by atoms with Crippen LogP contribution < -0.4 is 5.32 Å². The number of morpholine rings is 1. The minimum absolute atomic E-state index is 0.107. The van der Waals surface area contributed by atoms with Crippen LogP contribution in [0, 0.1) is 17.0 Å². The molecule has 170 valence electrons. The number of nitrogens with one attached hydrogen (secondary N) is 1. The highest BCUT2D eigenvalue weighted by atomic mass is 32.1. The maximum Gasteiger partial charge on any atom is 0.273 e. The predicted molar refractivity (Wildman–Crippen MR) is 127 cm³/mol. The number of anilines is 1. The summed E-state index contributed by atoms with van der Waals surface area (Å²) < 4.78 is 5.37. The van der Waals surface area contributed by atoms with Gasteiger partial charge in [0.05, 0.1) is 30.1 Å². The Bertz CT molecular complexity index is 1190. The molecule has 4 rings (SSSR count). The van der Waals surface area contributed by atoms with Gasteiger partial charge in [-0.3, -0.25) is 19.7 Å². The third-order valence-electron chi connectivity index (χ3n) is 5.49. The summed E-state index contributed by atoms with van der Waals surface area (Å²) in [6.45, 7) is 3.79. The SMILES string of the molecule is Cc1c(-c2ccccc2)sc(NC(=O)Cc2ccccc2[N+](=O)[O-])c1C(=O)N1CCOCC1. The molecule has 0 aliphatic carbocycles. The van der Waals surface area contributed by atoms with Crippen LogP contribution in [-0.4, -0.2) is 47.9 Å². The zero-order chi connectivity index (χ0) is 23.4. The Balaban J connectivity index is 1.67. The van der Waals surface area contributed by atoms with Gasteiger partial charge in [0, 0.05) is 29.6 Å². The smallest absolute Gasteiger partial charge is 0.273 e. The Kier molecular flexibility index (Phi) is 6.81. The predicted octanol–water partition coefficient (Wildman–Crippen LogP) is 4.29. The first-order valence-corrected chi connectivity index (χ1v) is 11.4. The van der Waals surface area contributed by atoms with Gasteiger partial charge in [-0.25, -0.2) is 0 Å². The van der Waals surface area contributed by atoms with Gasteiger partial charge in [0.2, 0.25) is 5.91 Å². The van der Waals surface area contributed by atoms with Crippen LogP contribution >= 0.6 is 11.3 Å². The molecular formula is C24H23N3O5S. The number of rotatable bonds is 6. The Hall–Kier alpha value is -3.56. The Morgan fingerprint density at radius 2 is 1.76 bits per heavy atom. The number of nitrogens with zero attached hydrogens (tertiary/aromatic N) is 2. The number of hydrogen-bond acceptors (Lipinski definition) is 6. The molecule has 1 fully saturated rings. The summed E-state index contributed by atoms with van der Waals surface area (Å²) in [5.41, 5.74) is 2.41. The Morgan fingerprint density at radius 1 is 1.09 bits per heavy atom. The maximum atomic E-state index is 13.4. The second-order valence-electron chi connectivity index (χ2n) is 7.64. The highest BCUT2D eigenvalue weighted by Gasteiger charge is 2.28. The molecule has 3 aromatic rings. The van der Waals surface area contributed by atoms with E-state index in [4.69, 9.17) is 4.74 Å². The van der Waals surface area contributed by atoms with Crippen molar-refractivity contribution in [3.05, 3.63) is 81.4 Å². The first-order valence-electron chi connectivity index (χ1n) is 10.5. The fraction of sp³-hybridized carbons (Fsp3) is 0.250. The number of ether oxygens (including phenoxy) is 1. The largest absolute Gasteiger partial charge is 0.378 e. The molecule has 0 bridgehead atoms. The van der Waals surface area contributed by atoms with Crippen molar-refractivity contribution in [2.45, 2.75) is 13.3 Å². The average molecular weight is 466 g/mol. The second kappa shape index (κ2) is 9.93. The fourth-order valence-corrected chi connectivity index (χ4v) is 5.05. The summed E-state index contributed by atoms with van der Waals surface area (Å²) in [5, 5.41) is 14.6. The highest BCUT2D eigenvalue weighted by molar-refractivity contribution is 7.20. The van der Waals surface area contributed by atoms with Crippen molar-refractivity contribution in [1.29, 1.82) is 0 Å². The maximum absolute atomic E-state index is 13.4. The molecule has 0 saturated carbocycles. The van der Waals surface area contributed by atoms with Gasteiger partial charge in [-0.1, -0.05) is 48.5 Å². The number of carbonyl (C=O) groups excluding carboxylic acids is 2. The van der Waals surface area contributed by atoms with Crippen LogP contribution in [0.1, 0.15) is 21.5 Å². The number of para-hydroxylation sites is 1. The van der Waals surface area contributed by atoms with Crippen LogP contribution in [0.25, 0.3) is 10.4 Å². The monoisotopic (exact) mass is 465 g/mol. The van der Waals surface area contributed by atoms with Gasteiger partial charge in [0.15, 0.2) is 0 Å². The van der Waals surface area contributed by atoms with E-state index in [0.717, 1.165) is 16.0 Å². The van der Waals surface area contributed by atoms with Gasteiger partial charge in [-0.15, -0.1) is 11.3 Å². The summed E-state index contributed by atoms with van der Waals surface area (Å²) in [4.78, 5) is 39.7. The number of nitro groups is 1. The van der Waals surface area contributed by atoms with E-state index in [1.807, 2.05) is 37.3 Å². The van der Waals surface area contributed by atoms with Crippen molar-refractivity contribution in [2.75, 3.05) is 31.6 Å². The summed E-state index contributed by atoms with van der Waals surface area (Å²) in [6, 6.07) is 15.8. The molecule has 0 spiro atoms. The molecule has 1 N–H and O–H groups in total. The molecule has 0 radical (unpaired) electrons. The van der Waals surface area contributed by atoms with E-state index >= 15 is 0 Å². The van der Waals surface area contributed by atoms with Crippen LogP contribution in [0.4, 0.5) is 10.7 Å². The second-order valence-corrected chi connectivity index (χ2v) is 8.66. The quantitative estimate of drug-likeness (QED) is 0.432. The van der Waals surface area contributed by atoms with Crippen LogP contribution in [0.5, 0.6) is 0 Å². The summed E-state index contributed by atoms with van der Waals surface area (Å²) in [6.07, 6.45) is -0.167. The number of nitro benzene ring substituents is 1. The van der Waals surface area contributed by atoms with Crippen molar-refractivity contribution in [1.82, 2.24) is 4.90 Å². The zero-order valence-corrected chi connectivity index (χ0v) is 18.9. The lowest BCUT2D eigenvalue weighted by Gasteiger charge is -2.27. The van der Waals surface area contributed by atoms with Gasteiger partial charge >= 0.3 is 0 Å². The molecule has 2 amide bonds. The lowest BCUT2D eigenvalue weighted by atomic mass is 10.1. The first kappa shape index (κ1) is 22.6. The van der Waals surface area contributed by atoms with Gasteiger partial charge in [-0.05, 0) is 18.1 Å². The molecule has 1 aliphatic heterocycles. The highest BCUT2D eigenvalue weighted by Crippen LogP contribution is 2.40. The lowest BCUT2D eigenvalue weighted by Crippen LogP contribution is -2.41. The summed E-state index contributed by atoms with van der Waals surface area (Å²) in [7, 11) is 0. The van der Waals surface area contributed by atoms with Crippen molar-refractivity contribution in [3.63, 3.8) is 0 Å². The van der Waals surface area contributed by atoms with E-state index in [1.165, 1.54) is 17.4 Å². The van der Waals surface area contributed by atoms with Gasteiger partial charge in [0.25, 0.3) is 11.6 Å². The topological polar surface area (TPSA) is 102 Å². The number of amides is 2. The standard InChI is InChI=1S/C24H23N3O5S/c1-16-21(24(29)26-11-13-32-14-12-26)23(33-22(16)17-7-3-2-4-8-17)25-20(28)15-18-9-5-6-10-19(18)27(30)31/h2-10H,11-15H2,1H3,(H,25,28). The molecule has 0 atom stereocenters. The Morgan fingerprint density at radius 3 is 2.45 bits per heavy atom. The van der Waals surface area contributed by atoms with Crippen molar-refractivity contribution < 1.29 is 19.2 Å². The molecule has 8 nitrogen and oxygen atoms in total. The third kappa shape index (κ3) is 4.94. The minimum atomic E-state index is -0.501. The van der Waals surface area contributed by atoms with Crippen LogP contribution in [-0.2, 0) is 16.0 Å². The minimum Gasteiger partial charge on any atom is -0.378 e. The average Bonchev–Trinajstić information content (AvgIpc) is 3.15. The number of thiophene rings is 1. The van der Waals surface area contributed by atoms with E-state index in [-0.39, 0.29) is 18.0 Å². The molecule has 1 aromatic heterocycles. The molecule has 1 aliphatic rings. The molecule has 2 heterocycles. The first-order chi connectivity index (χ1) is 16.0. The fourth-order valence-electron chi connectivity index (χ4n) is 3.83. The van der Waals surface area contributed by atoms with Crippen LogP contribution in [0.15, 0.2) is 54.6 Å². The van der Waals surface area contributed by atoms with Gasteiger partial charge in [0.1, 0.15) is 5.00 Å². The van der Waals surface area contributed by atoms with Crippen LogP contribution in [0.2, 0.25) is 0 Å². The van der Waals surface area contributed by atoms with Crippen molar-refractivity contribution in [3.8, 4) is 10.4 Å². The molecular weight excluding hydrogens is 442 g/mol. The summed E-state index contributed by atoms with van der Waals surface area (Å²) >= 11 is 1.34. The van der Waals surface area contributed by atoms with Gasteiger partial charge in [-0.2, -0.15) is 0 Å². The summed E-state index contributed by atoms with van der Waals surface area (Å²) in [5.74, 6) is -0.573. The number of benzene rings is 2. The van der Waals surface area contributed by atoms with Crippen LogP contribution in [0.3, 0.4) is 0 Å². The molecule has 33 heavy (non-hydrogen) atoms.